The Balaban J connectivity index is 1.88. The summed E-state index contributed by atoms with van der Waals surface area (Å²) in [5, 5.41) is 16.6. The van der Waals surface area contributed by atoms with Crippen molar-refractivity contribution < 1.29 is 22.9 Å². The summed E-state index contributed by atoms with van der Waals surface area (Å²) in [6.07, 6.45) is 2.87. The molecular weight excluding hydrogens is 410 g/mol. The lowest BCUT2D eigenvalue weighted by Gasteiger charge is -2.19. The van der Waals surface area contributed by atoms with Crippen molar-refractivity contribution in [1.29, 1.82) is 0 Å². The van der Waals surface area contributed by atoms with E-state index < -0.39 is 32.4 Å². The van der Waals surface area contributed by atoms with Crippen molar-refractivity contribution in [2.24, 2.45) is 0 Å². The second-order valence-corrected chi connectivity index (χ2v) is 9.26. The number of nitro groups is 1. The second-order valence-electron chi connectivity index (χ2n) is 7.24. The zero-order chi connectivity index (χ0) is 21.9. The number of carbonyl (C=O) groups excluding carboxylic acids is 2. The predicted molar refractivity (Wildman–Crippen MR) is 109 cm³/mol. The van der Waals surface area contributed by atoms with Crippen molar-refractivity contribution >= 4 is 27.3 Å². The molecule has 1 unspecified atom stereocenters. The molecule has 2 aromatic rings. The monoisotopic (exact) mass is 431 g/mol. The first-order valence-electron chi connectivity index (χ1n) is 9.28. The number of carbonyl (C=O) groups is 2. The molecule has 1 aliphatic carbocycles. The van der Waals surface area contributed by atoms with Crippen LogP contribution in [0.2, 0.25) is 0 Å². The van der Waals surface area contributed by atoms with Crippen molar-refractivity contribution in [3.05, 3.63) is 69.8 Å². The molecule has 3 rings (SSSR count). The average Bonchev–Trinajstić information content (AvgIpc) is 3.51. The summed E-state index contributed by atoms with van der Waals surface area (Å²) in [7, 11) is -3.78. The van der Waals surface area contributed by atoms with Crippen LogP contribution in [-0.2, 0) is 21.1 Å². The smallest absolute Gasteiger partial charge is 0.271 e. The van der Waals surface area contributed by atoms with Gasteiger partial charge in [0.25, 0.3) is 11.6 Å². The van der Waals surface area contributed by atoms with Crippen LogP contribution in [0.1, 0.15) is 28.8 Å². The minimum atomic E-state index is -3.78. The second kappa shape index (κ2) is 8.62. The maximum atomic E-state index is 12.8. The summed E-state index contributed by atoms with van der Waals surface area (Å²) < 4.78 is 23.7. The minimum Gasteiger partial charge on any atom is -0.352 e. The van der Waals surface area contributed by atoms with Crippen molar-refractivity contribution in [1.82, 2.24) is 10.6 Å². The highest BCUT2D eigenvalue weighted by Crippen LogP contribution is 2.22. The molecule has 30 heavy (non-hydrogen) atoms. The Labute approximate surface area is 173 Å². The van der Waals surface area contributed by atoms with E-state index in [2.05, 4.69) is 10.6 Å². The SMILES string of the molecule is CS(=O)(=O)c1cc(C(=O)NC(Cc2ccccc2)C(=O)NC2CC2)cc([N+](=O)[O-])c1. The molecule has 2 amide bonds. The molecule has 0 heterocycles. The lowest BCUT2D eigenvalue weighted by atomic mass is 10.0. The van der Waals surface area contributed by atoms with Gasteiger partial charge >= 0.3 is 0 Å². The predicted octanol–water partition coefficient (Wildman–Crippen LogP) is 1.62. The summed E-state index contributed by atoms with van der Waals surface area (Å²) in [4.78, 5) is 35.5. The molecule has 2 aromatic carbocycles. The van der Waals surface area contributed by atoms with Gasteiger partial charge < -0.3 is 10.6 Å². The summed E-state index contributed by atoms with van der Waals surface area (Å²) in [5.41, 5.74) is 0.0941. The number of nitrogens with zero attached hydrogens (tertiary/aromatic N) is 1. The van der Waals surface area contributed by atoms with Crippen LogP contribution >= 0.6 is 0 Å². The Bertz CT molecular complexity index is 1080. The fraction of sp³-hybridized carbons (Fsp3) is 0.300. The first-order chi connectivity index (χ1) is 14.1. The zero-order valence-corrected chi connectivity index (χ0v) is 17.0. The fourth-order valence-corrected chi connectivity index (χ4v) is 3.54. The Hall–Kier alpha value is -3.27. The number of hydrogen-bond donors (Lipinski definition) is 2. The highest BCUT2D eigenvalue weighted by atomic mass is 32.2. The topological polar surface area (TPSA) is 135 Å². The van der Waals surface area contributed by atoms with E-state index in [0.29, 0.717) is 0 Å². The Morgan fingerprint density at radius 3 is 2.40 bits per heavy atom. The van der Waals surface area contributed by atoms with E-state index in [4.69, 9.17) is 0 Å². The average molecular weight is 431 g/mol. The van der Waals surface area contributed by atoms with Gasteiger partial charge in [0.15, 0.2) is 9.84 Å². The number of nitro benzene ring substituents is 1. The normalized spacial score (nSPS) is 14.6. The number of rotatable bonds is 8. The van der Waals surface area contributed by atoms with Crippen LogP contribution in [-0.4, -0.2) is 43.5 Å². The quantitative estimate of drug-likeness (QED) is 0.482. The summed E-state index contributed by atoms with van der Waals surface area (Å²) in [5.74, 6) is -1.13. The first kappa shape index (κ1) is 21.4. The molecule has 1 fully saturated rings. The van der Waals surface area contributed by atoms with E-state index in [-0.39, 0.29) is 28.8 Å². The van der Waals surface area contributed by atoms with Crippen LogP contribution in [0.15, 0.2) is 53.4 Å². The van der Waals surface area contributed by atoms with Crippen molar-refractivity contribution in [2.75, 3.05) is 6.26 Å². The maximum absolute atomic E-state index is 12.8. The van der Waals surface area contributed by atoms with Gasteiger partial charge in [-0.15, -0.1) is 0 Å². The van der Waals surface area contributed by atoms with Gasteiger partial charge in [0.1, 0.15) is 6.04 Å². The van der Waals surface area contributed by atoms with E-state index in [1.807, 2.05) is 30.3 Å². The molecule has 0 bridgehead atoms. The summed E-state index contributed by atoms with van der Waals surface area (Å²) in [6.45, 7) is 0. The Morgan fingerprint density at radius 2 is 1.83 bits per heavy atom. The van der Waals surface area contributed by atoms with Crippen LogP contribution < -0.4 is 10.6 Å². The Morgan fingerprint density at radius 1 is 1.17 bits per heavy atom. The molecule has 158 valence electrons. The molecule has 0 spiro atoms. The molecule has 1 aliphatic rings. The number of benzene rings is 2. The molecule has 0 saturated heterocycles. The van der Waals surface area contributed by atoms with E-state index in [1.165, 1.54) is 0 Å². The van der Waals surface area contributed by atoms with E-state index in [9.17, 15) is 28.1 Å². The van der Waals surface area contributed by atoms with Crippen LogP contribution in [0.3, 0.4) is 0 Å². The van der Waals surface area contributed by atoms with Crippen LogP contribution in [0, 0.1) is 10.1 Å². The highest BCUT2D eigenvalue weighted by molar-refractivity contribution is 7.90. The minimum absolute atomic E-state index is 0.0855. The van der Waals surface area contributed by atoms with E-state index in [1.54, 1.807) is 0 Å². The molecule has 10 heteroatoms. The molecular formula is C20H21N3O6S. The van der Waals surface area contributed by atoms with Gasteiger partial charge in [-0.25, -0.2) is 8.42 Å². The van der Waals surface area contributed by atoms with Gasteiger partial charge in [-0.05, 0) is 24.5 Å². The molecule has 2 N–H and O–H groups in total. The molecule has 1 saturated carbocycles. The number of hydrogen-bond acceptors (Lipinski definition) is 6. The van der Waals surface area contributed by atoms with Gasteiger partial charge in [-0.1, -0.05) is 30.3 Å². The third kappa shape index (κ3) is 5.63. The fourth-order valence-electron chi connectivity index (χ4n) is 2.86. The molecule has 0 radical (unpaired) electrons. The molecule has 9 nitrogen and oxygen atoms in total. The van der Waals surface area contributed by atoms with Crippen LogP contribution in [0.25, 0.3) is 0 Å². The van der Waals surface area contributed by atoms with Gasteiger partial charge in [0.2, 0.25) is 5.91 Å². The van der Waals surface area contributed by atoms with Crippen molar-refractivity contribution in [2.45, 2.75) is 36.2 Å². The standard InChI is InChI=1S/C20H21N3O6S/c1-30(28,29)17-11-14(10-16(12-17)23(26)27)19(24)22-18(20(25)21-15-7-8-15)9-13-5-3-2-4-6-13/h2-6,10-12,15,18H,7-9H2,1H3,(H,21,25)(H,22,24). The number of amides is 2. The van der Waals surface area contributed by atoms with Crippen LogP contribution in [0.4, 0.5) is 5.69 Å². The summed E-state index contributed by atoms with van der Waals surface area (Å²) in [6, 6.07) is 11.2. The van der Waals surface area contributed by atoms with Gasteiger partial charge in [0.05, 0.1) is 9.82 Å². The number of sulfone groups is 1. The Kier molecular flexibility index (Phi) is 6.16. The lowest BCUT2D eigenvalue weighted by molar-refractivity contribution is -0.385. The van der Waals surface area contributed by atoms with E-state index >= 15 is 0 Å². The molecule has 0 aromatic heterocycles. The first-order valence-corrected chi connectivity index (χ1v) is 11.2. The van der Waals surface area contributed by atoms with E-state index in [0.717, 1.165) is 42.9 Å². The van der Waals surface area contributed by atoms with Crippen molar-refractivity contribution in [3.8, 4) is 0 Å². The largest absolute Gasteiger partial charge is 0.352 e. The van der Waals surface area contributed by atoms with Crippen molar-refractivity contribution in [3.63, 3.8) is 0 Å². The van der Waals surface area contributed by atoms with Gasteiger partial charge in [-0.3, -0.25) is 19.7 Å². The van der Waals surface area contributed by atoms with Gasteiger partial charge in [0, 0.05) is 36.4 Å². The lowest BCUT2D eigenvalue weighted by Crippen LogP contribution is -2.48. The van der Waals surface area contributed by atoms with Gasteiger partial charge in [-0.2, -0.15) is 0 Å². The zero-order valence-electron chi connectivity index (χ0n) is 16.2. The highest BCUT2D eigenvalue weighted by Gasteiger charge is 2.29. The van der Waals surface area contributed by atoms with Crippen LogP contribution in [0.5, 0.6) is 0 Å². The third-order valence-corrected chi connectivity index (χ3v) is 5.71. The summed E-state index contributed by atoms with van der Waals surface area (Å²) >= 11 is 0. The third-order valence-electron chi connectivity index (χ3n) is 4.62. The number of non-ortho nitro benzene ring substituents is 1. The maximum Gasteiger partial charge on any atom is 0.271 e. The molecule has 0 aliphatic heterocycles. The molecule has 1 atom stereocenters. The number of nitrogens with one attached hydrogen (secondary N) is 2.